The van der Waals surface area contributed by atoms with Crippen molar-refractivity contribution in [3.63, 3.8) is 0 Å². The van der Waals surface area contributed by atoms with Crippen molar-refractivity contribution in [1.29, 1.82) is 0 Å². The first-order valence-corrected chi connectivity index (χ1v) is 6.69. The molecule has 0 spiro atoms. The van der Waals surface area contributed by atoms with Gasteiger partial charge in [0.1, 0.15) is 0 Å². The fourth-order valence-corrected chi connectivity index (χ4v) is 2.99. The Balaban J connectivity index is 1.57. The summed E-state index contributed by atoms with van der Waals surface area (Å²) in [5, 5.41) is 0. The zero-order valence-corrected chi connectivity index (χ0v) is 10.3. The second-order valence-electron chi connectivity index (χ2n) is 5.01. The van der Waals surface area contributed by atoms with Crippen molar-refractivity contribution in [3.8, 4) is 0 Å². The van der Waals surface area contributed by atoms with E-state index in [1.807, 2.05) is 18.5 Å². The molecule has 1 aromatic heterocycles. The van der Waals surface area contributed by atoms with Gasteiger partial charge in [0.2, 0.25) is 5.95 Å². The Kier molecular flexibility index (Phi) is 3.22. The fourth-order valence-electron chi connectivity index (χ4n) is 2.99. The summed E-state index contributed by atoms with van der Waals surface area (Å²) < 4.78 is 0. The Labute approximate surface area is 103 Å². The molecule has 17 heavy (non-hydrogen) atoms. The van der Waals surface area contributed by atoms with E-state index in [4.69, 9.17) is 0 Å². The molecule has 4 nitrogen and oxygen atoms in total. The molecule has 0 amide bonds. The Bertz CT molecular complexity index is 340. The van der Waals surface area contributed by atoms with Crippen molar-refractivity contribution in [2.75, 3.05) is 31.1 Å². The van der Waals surface area contributed by atoms with Crippen molar-refractivity contribution in [2.45, 2.75) is 31.7 Å². The summed E-state index contributed by atoms with van der Waals surface area (Å²) in [5.74, 6) is 0.896. The summed E-state index contributed by atoms with van der Waals surface area (Å²) in [6, 6.07) is 2.68. The summed E-state index contributed by atoms with van der Waals surface area (Å²) in [7, 11) is 0. The molecular weight excluding hydrogens is 212 g/mol. The van der Waals surface area contributed by atoms with E-state index in [9.17, 15) is 0 Å². The van der Waals surface area contributed by atoms with E-state index in [0.717, 1.165) is 25.1 Å². The molecule has 2 aliphatic rings. The summed E-state index contributed by atoms with van der Waals surface area (Å²) in [6.07, 6.45) is 8.96. The fraction of sp³-hybridized carbons (Fsp3) is 0.692. The molecule has 0 atom stereocenters. The van der Waals surface area contributed by atoms with Crippen LogP contribution in [0.25, 0.3) is 0 Å². The minimum Gasteiger partial charge on any atom is -0.341 e. The van der Waals surface area contributed by atoms with Crippen LogP contribution in [-0.4, -0.2) is 47.1 Å². The van der Waals surface area contributed by atoms with Crippen molar-refractivity contribution < 1.29 is 0 Å². The van der Waals surface area contributed by atoms with Gasteiger partial charge in [-0.3, -0.25) is 0 Å². The van der Waals surface area contributed by atoms with E-state index in [0.29, 0.717) is 0 Å². The van der Waals surface area contributed by atoms with Crippen LogP contribution in [-0.2, 0) is 0 Å². The number of aromatic nitrogens is 2. The molecule has 3 rings (SSSR count). The molecular formula is C13H20N4. The maximum Gasteiger partial charge on any atom is 0.225 e. The standard InChI is InChI=1S/C13H20N4/c1-2-9-16(8-1)12-4-10-17(11-5-12)13-14-6-3-7-15-13/h3,6-7,12H,1-2,4-5,8-11H2. The third-order valence-corrected chi connectivity index (χ3v) is 3.96. The Hall–Kier alpha value is -1.16. The van der Waals surface area contributed by atoms with Crippen molar-refractivity contribution in [1.82, 2.24) is 14.9 Å². The topological polar surface area (TPSA) is 32.3 Å². The molecule has 0 unspecified atom stereocenters. The molecule has 0 N–H and O–H groups in total. The Morgan fingerprint density at radius 2 is 1.59 bits per heavy atom. The van der Waals surface area contributed by atoms with Gasteiger partial charge in [-0.2, -0.15) is 0 Å². The largest absolute Gasteiger partial charge is 0.341 e. The smallest absolute Gasteiger partial charge is 0.225 e. The predicted octanol–water partition coefficient (Wildman–Crippen LogP) is 1.54. The SMILES string of the molecule is c1cnc(N2CCC(N3CCCC3)CC2)nc1. The summed E-state index contributed by atoms with van der Waals surface area (Å²) in [6.45, 7) is 4.83. The first kappa shape index (κ1) is 11.0. The van der Waals surface area contributed by atoms with Gasteiger partial charge in [-0.1, -0.05) is 0 Å². The van der Waals surface area contributed by atoms with E-state index >= 15 is 0 Å². The van der Waals surface area contributed by atoms with E-state index in [2.05, 4.69) is 19.8 Å². The quantitative estimate of drug-likeness (QED) is 0.774. The van der Waals surface area contributed by atoms with Crippen LogP contribution >= 0.6 is 0 Å². The highest BCUT2D eigenvalue weighted by atomic mass is 15.3. The van der Waals surface area contributed by atoms with Crippen LogP contribution in [0.2, 0.25) is 0 Å². The molecule has 0 radical (unpaired) electrons. The number of hydrogen-bond donors (Lipinski definition) is 0. The molecule has 3 heterocycles. The zero-order chi connectivity index (χ0) is 11.5. The van der Waals surface area contributed by atoms with Gasteiger partial charge >= 0.3 is 0 Å². The number of piperidine rings is 1. The lowest BCUT2D eigenvalue weighted by atomic mass is 10.0. The second kappa shape index (κ2) is 5.00. The van der Waals surface area contributed by atoms with Gasteiger partial charge in [-0.25, -0.2) is 9.97 Å². The van der Waals surface area contributed by atoms with Gasteiger partial charge in [-0.05, 0) is 44.8 Å². The summed E-state index contributed by atoms with van der Waals surface area (Å²) in [5.41, 5.74) is 0. The van der Waals surface area contributed by atoms with Gasteiger partial charge in [0.05, 0.1) is 0 Å². The molecule has 0 aliphatic carbocycles. The summed E-state index contributed by atoms with van der Waals surface area (Å²) >= 11 is 0. The summed E-state index contributed by atoms with van der Waals surface area (Å²) in [4.78, 5) is 13.6. The number of likely N-dealkylation sites (tertiary alicyclic amines) is 1. The minimum absolute atomic E-state index is 0.803. The molecule has 0 saturated carbocycles. The van der Waals surface area contributed by atoms with Crippen molar-refractivity contribution in [2.24, 2.45) is 0 Å². The molecule has 92 valence electrons. The second-order valence-corrected chi connectivity index (χ2v) is 5.01. The number of rotatable bonds is 2. The lowest BCUT2D eigenvalue weighted by molar-refractivity contribution is 0.207. The zero-order valence-electron chi connectivity index (χ0n) is 10.3. The van der Waals surface area contributed by atoms with E-state index in [1.165, 1.54) is 38.8 Å². The molecule has 2 saturated heterocycles. The predicted molar refractivity (Wildman–Crippen MR) is 68.1 cm³/mol. The molecule has 4 heteroatoms. The van der Waals surface area contributed by atoms with Crippen LogP contribution in [0.1, 0.15) is 25.7 Å². The van der Waals surface area contributed by atoms with Crippen LogP contribution in [0.15, 0.2) is 18.5 Å². The average molecular weight is 232 g/mol. The van der Waals surface area contributed by atoms with Crippen LogP contribution in [0.5, 0.6) is 0 Å². The van der Waals surface area contributed by atoms with E-state index in [1.54, 1.807) is 0 Å². The lowest BCUT2D eigenvalue weighted by Crippen LogP contribution is -2.44. The highest BCUT2D eigenvalue weighted by Crippen LogP contribution is 2.22. The van der Waals surface area contributed by atoms with Gasteiger partial charge in [0, 0.05) is 31.5 Å². The van der Waals surface area contributed by atoms with Crippen LogP contribution in [0.4, 0.5) is 5.95 Å². The number of nitrogens with zero attached hydrogens (tertiary/aromatic N) is 4. The maximum atomic E-state index is 4.33. The van der Waals surface area contributed by atoms with Crippen LogP contribution < -0.4 is 4.90 Å². The van der Waals surface area contributed by atoms with Gasteiger partial charge in [0.25, 0.3) is 0 Å². The Morgan fingerprint density at radius 3 is 2.24 bits per heavy atom. The number of anilines is 1. The first-order chi connectivity index (χ1) is 8.43. The van der Waals surface area contributed by atoms with Gasteiger partial charge in [0.15, 0.2) is 0 Å². The average Bonchev–Trinajstić information content (AvgIpc) is 2.94. The first-order valence-electron chi connectivity index (χ1n) is 6.69. The van der Waals surface area contributed by atoms with E-state index < -0.39 is 0 Å². The van der Waals surface area contributed by atoms with Gasteiger partial charge < -0.3 is 9.80 Å². The highest BCUT2D eigenvalue weighted by Gasteiger charge is 2.26. The monoisotopic (exact) mass is 232 g/mol. The number of hydrogen-bond acceptors (Lipinski definition) is 4. The van der Waals surface area contributed by atoms with Crippen LogP contribution in [0, 0.1) is 0 Å². The highest BCUT2D eigenvalue weighted by molar-refractivity contribution is 5.29. The van der Waals surface area contributed by atoms with Crippen molar-refractivity contribution in [3.05, 3.63) is 18.5 Å². The Morgan fingerprint density at radius 1 is 0.941 bits per heavy atom. The van der Waals surface area contributed by atoms with Crippen LogP contribution in [0.3, 0.4) is 0 Å². The van der Waals surface area contributed by atoms with Crippen molar-refractivity contribution >= 4 is 5.95 Å². The maximum absolute atomic E-state index is 4.33. The normalized spacial score (nSPS) is 23.2. The molecule has 1 aromatic rings. The molecule has 0 aromatic carbocycles. The van der Waals surface area contributed by atoms with E-state index in [-0.39, 0.29) is 0 Å². The molecule has 2 fully saturated rings. The third-order valence-electron chi connectivity index (χ3n) is 3.96. The lowest BCUT2D eigenvalue weighted by Gasteiger charge is -2.36. The van der Waals surface area contributed by atoms with Gasteiger partial charge in [-0.15, -0.1) is 0 Å². The minimum atomic E-state index is 0.803. The molecule has 0 bridgehead atoms. The third kappa shape index (κ3) is 2.41. The molecule has 2 aliphatic heterocycles.